The number of ether oxygens (including phenoxy) is 1. The number of carboxylic acids is 1. The third-order valence-corrected chi connectivity index (χ3v) is 6.09. The first-order valence-corrected chi connectivity index (χ1v) is 11.4. The highest BCUT2D eigenvalue weighted by atomic mass is 35.5. The van der Waals surface area contributed by atoms with Gasteiger partial charge in [0.2, 0.25) is 5.82 Å². The first-order chi connectivity index (χ1) is 16.9. The zero-order valence-corrected chi connectivity index (χ0v) is 20.7. The number of halogens is 1. The van der Waals surface area contributed by atoms with E-state index in [1.807, 2.05) is 44.2 Å². The summed E-state index contributed by atoms with van der Waals surface area (Å²) in [5.41, 5.74) is 3.01. The molecular formula is C27H25ClN4O4. The Morgan fingerprint density at radius 3 is 2.64 bits per heavy atom. The lowest BCUT2D eigenvalue weighted by atomic mass is 9.95. The van der Waals surface area contributed by atoms with Gasteiger partial charge in [-0.05, 0) is 48.4 Å². The van der Waals surface area contributed by atoms with Gasteiger partial charge in [0.05, 0.1) is 17.6 Å². The molecule has 0 unspecified atom stereocenters. The van der Waals surface area contributed by atoms with Gasteiger partial charge in [0, 0.05) is 30.8 Å². The minimum absolute atomic E-state index is 0. The molecule has 1 aliphatic heterocycles. The number of aliphatic carboxylic acids is 1. The van der Waals surface area contributed by atoms with Crippen molar-refractivity contribution in [3.63, 3.8) is 0 Å². The summed E-state index contributed by atoms with van der Waals surface area (Å²) in [6.45, 7) is 5.62. The van der Waals surface area contributed by atoms with Crippen molar-refractivity contribution in [1.29, 1.82) is 5.26 Å². The van der Waals surface area contributed by atoms with Gasteiger partial charge >= 0.3 is 5.97 Å². The Morgan fingerprint density at radius 1 is 1.19 bits per heavy atom. The average Bonchev–Trinajstić information content (AvgIpc) is 3.30. The molecule has 9 heteroatoms. The Labute approximate surface area is 214 Å². The Morgan fingerprint density at radius 2 is 1.94 bits per heavy atom. The fourth-order valence-electron chi connectivity index (χ4n) is 4.35. The predicted octanol–water partition coefficient (Wildman–Crippen LogP) is 5.15. The molecule has 1 aromatic heterocycles. The lowest BCUT2D eigenvalue weighted by molar-refractivity contribution is -0.147. The van der Waals surface area contributed by atoms with E-state index in [2.05, 4.69) is 27.2 Å². The van der Waals surface area contributed by atoms with Gasteiger partial charge in [0.25, 0.3) is 5.89 Å². The molecule has 0 aliphatic carbocycles. The second-order valence-electron chi connectivity index (χ2n) is 8.96. The SMILES string of the molecule is CC(C)Oc1ccc(-c2nc(-c3ccc(CN4CC(C(=O)O)C4)c4ccccc34)no2)cc1C#N.Cl. The predicted molar refractivity (Wildman–Crippen MR) is 137 cm³/mol. The highest BCUT2D eigenvalue weighted by Crippen LogP contribution is 2.33. The van der Waals surface area contributed by atoms with E-state index in [4.69, 9.17) is 14.4 Å². The van der Waals surface area contributed by atoms with Crippen LogP contribution in [-0.2, 0) is 11.3 Å². The molecule has 0 atom stereocenters. The zero-order valence-electron chi connectivity index (χ0n) is 19.8. The molecule has 8 nitrogen and oxygen atoms in total. The van der Waals surface area contributed by atoms with E-state index >= 15 is 0 Å². The number of hydrogen-bond acceptors (Lipinski definition) is 7. The van der Waals surface area contributed by atoms with Crippen LogP contribution in [0.1, 0.15) is 25.0 Å². The summed E-state index contributed by atoms with van der Waals surface area (Å²) in [5.74, 6) is 0.272. The van der Waals surface area contributed by atoms with Gasteiger partial charge in [-0.25, -0.2) is 0 Å². The van der Waals surface area contributed by atoms with E-state index in [9.17, 15) is 10.1 Å². The van der Waals surface area contributed by atoms with Crippen LogP contribution >= 0.6 is 12.4 Å². The quantitative estimate of drug-likeness (QED) is 0.367. The molecule has 3 aromatic carbocycles. The highest BCUT2D eigenvalue weighted by Gasteiger charge is 2.32. The second-order valence-corrected chi connectivity index (χ2v) is 8.96. The maximum Gasteiger partial charge on any atom is 0.309 e. The van der Waals surface area contributed by atoms with Crippen molar-refractivity contribution in [2.75, 3.05) is 13.1 Å². The van der Waals surface area contributed by atoms with Gasteiger partial charge in [-0.1, -0.05) is 41.6 Å². The molecular weight excluding hydrogens is 480 g/mol. The second kappa shape index (κ2) is 10.4. The summed E-state index contributed by atoms with van der Waals surface area (Å²) in [6.07, 6.45) is -0.0427. The lowest BCUT2D eigenvalue weighted by Crippen LogP contribution is -2.49. The number of benzene rings is 3. The van der Waals surface area contributed by atoms with Crippen molar-refractivity contribution in [2.24, 2.45) is 5.92 Å². The Kier molecular flexibility index (Phi) is 7.25. The van der Waals surface area contributed by atoms with Crippen molar-refractivity contribution < 1.29 is 19.2 Å². The number of rotatable bonds is 7. The van der Waals surface area contributed by atoms with Gasteiger partial charge in [0.1, 0.15) is 11.8 Å². The molecule has 0 saturated carbocycles. The average molecular weight is 505 g/mol. The molecule has 36 heavy (non-hydrogen) atoms. The first-order valence-electron chi connectivity index (χ1n) is 11.4. The van der Waals surface area contributed by atoms with Gasteiger partial charge in [0.15, 0.2) is 0 Å². The third kappa shape index (κ3) is 4.89. The number of fused-ring (bicyclic) bond motifs is 1. The molecule has 0 amide bonds. The van der Waals surface area contributed by atoms with E-state index in [0.29, 0.717) is 48.2 Å². The molecule has 4 aromatic rings. The summed E-state index contributed by atoms with van der Waals surface area (Å²) < 4.78 is 11.3. The number of carbonyl (C=O) groups is 1. The van der Waals surface area contributed by atoms with Crippen molar-refractivity contribution in [3.05, 3.63) is 65.7 Å². The van der Waals surface area contributed by atoms with Crippen LogP contribution in [0.2, 0.25) is 0 Å². The molecule has 5 rings (SSSR count). The summed E-state index contributed by atoms with van der Waals surface area (Å²) in [7, 11) is 0. The number of likely N-dealkylation sites (tertiary alicyclic amines) is 1. The fraction of sp³-hybridized carbons (Fsp3) is 0.259. The minimum Gasteiger partial charge on any atom is -0.490 e. The summed E-state index contributed by atoms with van der Waals surface area (Å²) in [6, 6.07) is 19.4. The van der Waals surface area contributed by atoms with Crippen molar-refractivity contribution in [3.8, 4) is 34.7 Å². The van der Waals surface area contributed by atoms with Crippen molar-refractivity contribution in [1.82, 2.24) is 15.0 Å². The summed E-state index contributed by atoms with van der Waals surface area (Å²) in [5, 5.41) is 24.9. The molecule has 0 spiro atoms. The number of hydrogen-bond donors (Lipinski definition) is 1. The van der Waals surface area contributed by atoms with E-state index in [-0.39, 0.29) is 24.4 Å². The Balaban J connectivity index is 0.00000304. The molecule has 0 radical (unpaired) electrons. The van der Waals surface area contributed by atoms with E-state index in [1.165, 1.54) is 0 Å². The molecule has 1 saturated heterocycles. The van der Waals surface area contributed by atoms with Crippen LogP contribution in [0.4, 0.5) is 0 Å². The van der Waals surface area contributed by atoms with Crippen LogP contribution in [0, 0.1) is 17.2 Å². The molecule has 2 heterocycles. The largest absolute Gasteiger partial charge is 0.490 e. The monoisotopic (exact) mass is 504 g/mol. The molecule has 1 fully saturated rings. The van der Waals surface area contributed by atoms with E-state index < -0.39 is 5.97 Å². The smallest absolute Gasteiger partial charge is 0.309 e. The molecule has 184 valence electrons. The number of carboxylic acid groups (broad SMARTS) is 1. The van der Waals surface area contributed by atoms with Crippen molar-refractivity contribution >= 4 is 29.1 Å². The number of nitriles is 1. The van der Waals surface area contributed by atoms with Crippen LogP contribution in [0.15, 0.2) is 59.1 Å². The van der Waals surface area contributed by atoms with Gasteiger partial charge in [-0.2, -0.15) is 10.2 Å². The van der Waals surface area contributed by atoms with Crippen molar-refractivity contribution in [2.45, 2.75) is 26.5 Å². The van der Waals surface area contributed by atoms with E-state index in [1.54, 1.807) is 18.2 Å². The standard InChI is InChI=1S/C27H24N4O4.ClH/c1-16(2)34-24-10-8-17(11-19(24)12-28)26-29-25(30-35-26)23-9-7-18(21-5-3-4-6-22(21)23)13-31-14-20(15-31)27(32)33;/h3-11,16,20H,13-15H2,1-2H3,(H,32,33);1H. The van der Waals surface area contributed by atoms with Crippen LogP contribution in [0.3, 0.4) is 0 Å². The normalized spacial score (nSPS) is 13.7. The third-order valence-electron chi connectivity index (χ3n) is 6.09. The van der Waals surface area contributed by atoms with Crippen LogP contribution in [0.25, 0.3) is 33.6 Å². The minimum atomic E-state index is -0.738. The number of nitrogens with zero attached hydrogens (tertiary/aromatic N) is 4. The summed E-state index contributed by atoms with van der Waals surface area (Å²) >= 11 is 0. The van der Waals surface area contributed by atoms with E-state index in [0.717, 1.165) is 21.9 Å². The molecule has 1 aliphatic rings. The lowest BCUT2D eigenvalue weighted by Gasteiger charge is -2.36. The fourth-order valence-corrected chi connectivity index (χ4v) is 4.35. The Hall–Kier alpha value is -3.93. The van der Waals surface area contributed by atoms with Crippen LogP contribution in [-0.4, -0.2) is 45.3 Å². The Bertz CT molecular complexity index is 1450. The topological polar surface area (TPSA) is 112 Å². The first kappa shape index (κ1) is 25.2. The van der Waals surface area contributed by atoms with Gasteiger partial charge in [-0.3, -0.25) is 9.69 Å². The molecule has 1 N–H and O–H groups in total. The molecule has 0 bridgehead atoms. The van der Waals surface area contributed by atoms with Gasteiger partial charge in [-0.15, -0.1) is 12.4 Å². The highest BCUT2D eigenvalue weighted by molar-refractivity contribution is 5.97. The maximum atomic E-state index is 11.1. The van der Waals surface area contributed by atoms with Gasteiger partial charge < -0.3 is 14.4 Å². The summed E-state index contributed by atoms with van der Waals surface area (Å²) in [4.78, 5) is 17.9. The number of aromatic nitrogens is 2. The maximum absolute atomic E-state index is 11.1. The van der Waals surface area contributed by atoms with Crippen LogP contribution < -0.4 is 4.74 Å². The van der Waals surface area contributed by atoms with Crippen LogP contribution in [0.5, 0.6) is 5.75 Å². The zero-order chi connectivity index (χ0) is 24.5.